The van der Waals surface area contributed by atoms with Crippen molar-refractivity contribution in [1.29, 1.82) is 0 Å². The van der Waals surface area contributed by atoms with Crippen LogP contribution >= 0.6 is 7.60 Å². The summed E-state index contributed by atoms with van der Waals surface area (Å²) in [7, 11) is -2.55. The molecular weight excluding hydrogens is 409 g/mol. The highest BCUT2D eigenvalue weighted by atomic mass is 31.2. The topological polar surface area (TPSA) is 187 Å². The van der Waals surface area contributed by atoms with Gasteiger partial charge in [0.1, 0.15) is 18.3 Å². The average molecular weight is 433 g/mol. The molecule has 1 saturated heterocycles. The van der Waals surface area contributed by atoms with Crippen molar-refractivity contribution >= 4 is 25.3 Å². The molecule has 14 heteroatoms. The number of ether oxygens (including phenoxy) is 2. The molecule has 4 atom stereocenters. The normalized spacial score (nSPS) is 23.8. The van der Waals surface area contributed by atoms with E-state index >= 15 is 0 Å². The van der Waals surface area contributed by atoms with Crippen LogP contribution in [0.3, 0.4) is 0 Å². The molecule has 0 radical (unpaired) electrons. The van der Waals surface area contributed by atoms with Crippen molar-refractivity contribution in [3.63, 3.8) is 0 Å². The van der Waals surface area contributed by atoms with E-state index in [1.54, 1.807) is 0 Å². The number of hydrogen-bond acceptors (Lipinski definition) is 11. The molecule has 29 heavy (non-hydrogen) atoms. The summed E-state index contributed by atoms with van der Waals surface area (Å²) in [5.74, 6) is -1.30. The molecule has 1 aromatic rings. The van der Waals surface area contributed by atoms with Gasteiger partial charge in [0, 0.05) is 6.20 Å². The van der Waals surface area contributed by atoms with Gasteiger partial charge in [0.05, 0.1) is 32.9 Å². The number of rotatable bonds is 8. The van der Waals surface area contributed by atoms with Crippen LogP contribution in [-0.2, 0) is 39.2 Å². The number of nitrogens with zero attached hydrogens (tertiary/aromatic N) is 2. The predicted octanol–water partition coefficient (Wildman–Crippen LogP) is -1.59. The van der Waals surface area contributed by atoms with Crippen molar-refractivity contribution in [3.05, 3.63) is 22.7 Å². The van der Waals surface area contributed by atoms with E-state index in [1.165, 1.54) is 23.8 Å². The molecule has 0 saturated carbocycles. The van der Waals surface area contributed by atoms with E-state index < -0.39 is 56.3 Å². The lowest BCUT2D eigenvalue weighted by atomic mass is 10.2. The summed E-state index contributed by atoms with van der Waals surface area (Å²) in [6.07, 6.45) is 0.489. The summed E-state index contributed by atoms with van der Waals surface area (Å²) in [6, 6.07) is -0.618. The minimum Gasteiger partial charge on any atom is -0.467 e. The third kappa shape index (κ3) is 6.61. The van der Waals surface area contributed by atoms with E-state index in [-0.39, 0.29) is 19.0 Å². The summed E-state index contributed by atoms with van der Waals surface area (Å²) in [6.45, 7) is 0.967. The fraction of sp³-hybridized carbons (Fsp3) is 0.600. The minimum atomic E-state index is -3.68. The lowest BCUT2D eigenvalue weighted by molar-refractivity contribution is -0.146. The largest absolute Gasteiger partial charge is 0.467 e. The number of hydrogen-bond donors (Lipinski definition) is 3. The molecule has 0 bridgehead atoms. The molecule has 5 N–H and O–H groups in total. The van der Waals surface area contributed by atoms with Crippen LogP contribution in [0.5, 0.6) is 0 Å². The molecule has 3 unspecified atom stereocenters. The van der Waals surface area contributed by atoms with Gasteiger partial charge in [0.25, 0.3) is 0 Å². The zero-order chi connectivity index (χ0) is 21.6. The Morgan fingerprint density at radius 1 is 1.52 bits per heavy atom. The van der Waals surface area contributed by atoms with E-state index in [1.807, 2.05) is 0 Å². The summed E-state index contributed by atoms with van der Waals surface area (Å²) >= 11 is 0. The molecule has 1 amide bonds. The quantitative estimate of drug-likeness (QED) is 0.317. The number of carbonyl (C=O) groups excluding carboxylic acids is 2. The number of nitrogen functional groups attached to an aromatic ring is 1. The second-order valence-corrected chi connectivity index (χ2v) is 8.28. The van der Waals surface area contributed by atoms with Gasteiger partial charge in [-0.1, -0.05) is 0 Å². The molecule has 1 fully saturated rings. The Balaban J connectivity index is 1.90. The lowest BCUT2D eigenvalue weighted by Crippen LogP contribution is -2.49. The molecule has 0 aliphatic carbocycles. The van der Waals surface area contributed by atoms with Crippen LogP contribution in [0.25, 0.3) is 0 Å². The van der Waals surface area contributed by atoms with Crippen LogP contribution in [0, 0.1) is 0 Å². The van der Waals surface area contributed by atoms with Gasteiger partial charge in [-0.05, 0) is 13.0 Å². The number of methoxy groups -OCH3 is 1. The van der Waals surface area contributed by atoms with E-state index in [0.29, 0.717) is 0 Å². The van der Waals surface area contributed by atoms with E-state index in [0.717, 1.165) is 7.11 Å². The molecule has 1 aliphatic heterocycles. The van der Waals surface area contributed by atoms with Crippen LogP contribution in [-0.4, -0.2) is 66.3 Å². The van der Waals surface area contributed by atoms with Gasteiger partial charge < -0.3 is 35.3 Å². The zero-order valence-electron chi connectivity index (χ0n) is 16.0. The monoisotopic (exact) mass is 433 g/mol. The maximum Gasteiger partial charge on any atom is 0.356 e. The fourth-order valence-electron chi connectivity index (χ4n) is 2.26. The number of carbonyl (C=O) groups is 2. The van der Waals surface area contributed by atoms with Crippen molar-refractivity contribution in [2.24, 2.45) is 5.73 Å². The summed E-state index contributed by atoms with van der Waals surface area (Å²) in [4.78, 5) is 38.9. The van der Waals surface area contributed by atoms with Crippen molar-refractivity contribution in [2.75, 3.05) is 32.4 Å². The van der Waals surface area contributed by atoms with Crippen molar-refractivity contribution in [3.8, 4) is 0 Å². The Bertz CT molecular complexity index is 832. The lowest BCUT2D eigenvalue weighted by Gasteiger charge is -2.30. The van der Waals surface area contributed by atoms with Crippen LogP contribution in [0.4, 0.5) is 5.82 Å². The number of amides is 1. The van der Waals surface area contributed by atoms with Crippen LogP contribution in [0.15, 0.2) is 17.1 Å². The smallest absolute Gasteiger partial charge is 0.356 e. The predicted molar refractivity (Wildman–Crippen MR) is 99.8 cm³/mol. The maximum absolute atomic E-state index is 12.6. The first kappa shape index (κ1) is 23.0. The molecule has 162 valence electrons. The molecule has 0 spiro atoms. The van der Waals surface area contributed by atoms with Crippen molar-refractivity contribution in [1.82, 2.24) is 14.9 Å². The van der Waals surface area contributed by atoms with Crippen molar-refractivity contribution < 1.29 is 32.7 Å². The third-order valence-electron chi connectivity index (χ3n) is 3.88. The Labute approximate surface area is 166 Å². The highest BCUT2D eigenvalue weighted by Crippen LogP contribution is 2.50. The number of nitrogens with two attached hydrogens (primary N) is 2. The van der Waals surface area contributed by atoms with Crippen molar-refractivity contribution in [2.45, 2.75) is 31.7 Å². The molecular formula is C15H24N5O8P. The standard InChI is InChI=1S/C15H24N5O8P/c1-9(16)13(21)18-11(14(22)25-2)7-28-29(24)8-26-10(6-27-29)5-20-4-3-12(17)19-15(20)23/h3-4,9-11H,5-8,16H2,1-2H3,(H,18,21)(H2,17,19,23)/t9?,10-,11?,29?/m0/s1. The Hall–Kier alpha value is -2.31. The SMILES string of the molecule is COC(=O)C(COP1(=O)CO[C@@H](Cn2ccc(N)nc2=O)CO1)NC(=O)C(C)N. The molecule has 2 heterocycles. The van der Waals surface area contributed by atoms with Gasteiger partial charge in [0.15, 0.2) is 6.04 Å². The number of anilines is 1. The minimum absolute atomic E-state index is 0.0984. The summed E-state index contributed by atoms with van der Waals surface area (Å²) < 4.78 is 34.5. The van der Waals surface area contributed by atoms with Gasteiger partial charge in [-0.25, -0.2) is 9.59 Å². The molecule has 1 aromatic heterocycles. The first-order valence-electron chi connectivity index (χ1n) is 8.60. The van der Waals surface area contributed by atoms with Gasteiger partial charge in [-0.2, -0.15) is 4.98 Å². The van der Waals surface area contributed by atoms with Gasteiger partial charge in [-0.3, -0.25) is 13.9 Å². The molecule has 1 aliphatic rings. The summed E-state index contributed by atoms with van der Waals surface area (Å²) in [5, 5.41) is 2.34. The number of nitrogens with one attached hydrogen (secondary N) is 1. The van der Waals surface area contributed by atoms with Gasteiger partial charge >= 0.3 is 19.3 Å². The molecule has 0 aromatic carbocycles. The second kappa shape index (κ2) is 9.94. The number of aromatic nitrogens is 2. The Morgan fingerprint density at radius 2 is 2.24 bits per heavy atom. The fourth-order valence-corrected chi connectivity index (χ4v) is 3.65. The molecule has 2 rings (SSSR count). The average Bonchev–Trinajstić information content (AvgIpc) is 2.68. The van der Waals surface area contributed by atoms with E-state index in [9.17, 15) is 18.9 Å². The maximum atomic E-state index is 12.6. The Morgan fingerprint density at radius 3 is 2.79 bits per heavy atom. The van der Waals surface area contributed by atoms with Crippen LogP contribution < -0.4 is 22.5 Å². The number of esters is 1. The third-order valence-corrected chi connectivity index (χ3v) is 5.43. The first-order valence-corrected chi connectivity index (χ1v) is 10.3. The zero-order valence-corrected chi connectivity index (χ0v) is 16.9. The first-order chi connectivity index (χ1) is 13.6. The highest BCUT2D eigenvalue weighted by Gasteiger charge is 2.35. The summed E-state index contributed by atoms with van der Waals surface area (Å²) in [5.41, 5.74) is 10.3. The highest BCUT2D eigenvalue weighted by molar-refractivity contribution is 7.53. The van der Waals surface area contributed by atoms with E-state index in [2.05, 4.69) is 15.0 Å². The van der Waals surface area contributed by atoms with Gasteiger partial charge in [0.2, 0.25) is 5.91 Å². The second-order valence-electron chi connectivity index (χ2n) is 6.28. The van der Waals surface area contributed by atoms with E-state index in [4.69, 9.17) is 25.3 Å². The Kier molecular flexibility index (Phi) is 7.88. The van der Waals surface area contributed by atoms with Crippen LogP contribution in [0.1, 0.15) is 6.92 Å². The molecule has 13 nitrogen and oxygen atoms in total. The van der Waals surface area contributed by atoms with Crippen LogP contribution in [0.2, 0.25) is 0 Å². The van der Waals surface area contributed by atoms with Gasteiger partial charge in [-0.15, -0.1) is 0 Å².